The van der Waals surface area contributed by atoms with Crippen molar-refractivity contribution in [2.45, 2.75) is 30.3 Å². The van der Waals surface area contributed by atoms with E-state index in [9.17, 15) is 14.4 Å². The quantitative estimate of drug-likeness (QED) is 0.210. The van der Waals surface area contributed by atoms with E-state index >= 15 is 0 Å². The Labute approximate surface area is 284 Å². The zero-order valence-electron chi connectivity index (χ0n) is 33.0. The Morgan fingerprint density at radius 1 is 1.00 bits per heavy atom. The summed E-state index contributed by atoms with van der Waals surface area (Å²) in [6, 6.07) is 16.6. The average Bonchev–Trinajstić information content (AvgIpc) is 3.45. The van der Waals surface area contributed by atoms with Gasteiger partial charge in [0, 0.05) is 40.8 Å². The molecule has 5 rings (SSSR count). The Bertz CT molecular complexity index is 2150. The van der Waals surface area contributed by atoms with Crippen LogP contribution in [-0.2, 0) is 16.0 Å². The highest BCUT2D eigenvalue weighted by molar-refractivity contribution is 8.01. The molecule has 4 aromatic carbocycles. The highest BCUT2D eigenvalue weighted by atomic mass is 32.2. The lowest BCUT2D eigenvalue weighted by Crippen LogP contribution is -2.34. The lowest BCUT2D eigenvalue weighted by molar-refractivity contribution is -0.124. The third-order valence-electron chi connectivity index (χ3n) is 6.69. The van der Waals surface area contributed by atoms with Crippen LogP contribution in [0.2, 0.25) is 0 Å². The normalized spacial score (nSPS) is 18.7. The lowest BCUT2D eigenvalue weighted by Gasteiger charge is -2.24. The van der Waals surface area contributed by atoms with Crippen molar-refractivity contribution in [1.82, 2.24) is 5.32 Å². The van der Waals surface area contributed by atoms with Crippen molar-refractivity contribution in [3.8, 4) is 23.3 Å². The van der Waals surface area contributed by atoms with Crippen LogP contribution in [0.15, 0.2) is 97.0 Å². The molecule has 0 bridgehead atoms. The molecule has 234 valence electrons. The second-order valence-electron chi connectivity index (χ2n) is 9.81. The molecular formula is C37H35N3O5S. The summed E-state index contributed by atoms with van der Waals surface area (Å²) in [4.78, 5) is 40.8. The van der Waals surface area contributed by atoms with Crippen LogP contribution >= 0.6 is 11.8 Å². The highest BCUT2D eigenvalue weighted by Gasteiger charge is 2.42. The van der Waals surface area contributed by atoms with E-state index in [1.165, 1.54) is 49.6 Å². The van der Waals surface area contributed by atoms with Gasteiger partial charge in [0.15, 0.2) is 11.5 Å². The molecule has 46 heavy (non-hydrogen) atoms. The van der Waals surface area contributed by atoms with E-state index in [1.807, 2.05) is 0 Å². The zero-order valence-corrected chi connectivity index (χ0v) is 25.8. The molecule has 1 heterocycles. The first-order chi connectivity index (χ1) is 25.5. The standard InChI is InChI=1S/C37H35N3O5S/c1-3-45-32-22-27(16-19-31(32)44-2)20-21-39-34(41)24-33-36(43)40(30-11-7-10-29(23-30)35(38)42)37(46-33)28-17-14-26(15-18-28)13-12-25-8-5-4-6-9-25/h4-11,14-19,22-23,33,37H,3,20-21,24H2,1-2H3,(H2,38,42)(H,39,41)/t33-,37+/m1/s1/i14D,15D,17D,18D,20D2,21D2. The zero-order chi connectivity index (χ0) is 39.5. The van der Waals surface area contributed by atoms with Crippen LogP contribution in [0.4, 0.5) is 5.69 Å². The van der Waals surface area contributed by atoms with E-state index in [0.717, 1.165) is 16.7 Å². The number of rotatable bonds is 11. The fourth-order valence-electron chi connectivity index (χ4n) is 4.53. The summed E-state index contributed by atoms with van der Waals surface area (Å²) < 4.78 is 80.5. The van der Waals surface area contributed by atoms with Gasteiger partial charge in [-0.3, -0.25) is 19.3 Å². The molecule has 0 saturated carbocycles. The van der Waals surface area contributed by atoms with E-state index in [1.54, 1.807) is 37.3 Å². The minimum atomic E-state index is -3.00. The van der Waals surface area contributed by atoms with Crippen molar-refractivity contribution < 1.29 is 34.8 Å². The Hall–Kier alpha value is -5.20. The van der Waals surface area contributed by atoms with E-state index in [2.05, 4.69) is 17.2 Å². The smallest absolute Gasteiger partial charge is 0.248 e. The number of ether oxygens (including phenoxy) is 2. The van der Waals surface area contributed by atoms with Gasteiger partial charge < -0.3 is 20.5 Å². The molecule has 9 heteroatoms. The first-order valence-corrected chi connectivity index (χ1v) is 15.1. The maximum absolute atomic E-state index is 14.1. The third kappa shape index (κ3) is 7.89. The number of nitrogens with zero attached hydrogens (tertiary/aromatic N) is 1. The number of hydrogen-bond donors (Lipinski definition) is 2. The van der Waals surface area contributed by atoms with Crippen molar-refractivity contribution in [2.75, 3.05) is 25.1 Å². The van der Waals surface area contributed by atoms with Crippen LogP contribution in [0.5, 0.6) is 11.5 Å². The Morgan fingerprint density at radius 3 is 2.48 bits per heavy atom. The number of primary amides is 1. The molecule has 1 saturated heterocycles. The van der Waals surface area contributed by atoms with Gasteiger partial charge in [0.1, 0.15) is 5.37 Å². The molecule has 3 amide bonds. The van der Waals surface area contributed by atoms with Crippen LogP contribution in [0.3, 0.4) is 0 Å². The van der Waals surface area contributed by atoms with Crippen LogP contribution in [0.1, 0.15) is 62.3 Å². The molecule has 0 aromatic heterocycles. The molecule has 8 nitrogen and oxygen atoms in total. The molecule has 1 aliphatic rings. The van der Waals surface area contributed by atoms with E-state index < -0.39 is 71.8 Å². The van der Waals surface area contributed by atoms with Crippen LogP contribution in [0, 0.1) is 11.8 Å². The van der Waals surface area contributed by atoms with Crippen molar-refractivity contribution in [1.29, 1.82) is 0 Å². The molecule has 3 N–H and O–H groups in total. The molecule has 0 spiro atoms. The number of methoxy groups -OCH3 is 1. The number of nitrogens with two attached hydrogens (primary N) is 1. The predicted molar refractivity (Wildman–Crippen MR) is 181 cm³/mol. The molecule has 1 aliphatic heterocycles. The fourth-order valence-corrected chi connectivity index (χ4v) is 5.92. The van der Waals surface area contributed by atoms with E-state index in [-0.39, 0.29) is 40.3 Å². The SMILES string of the molecule is [2H]c1c([2H])c([C@@H]2S[C@H](CC(=O)NC([2H])([2H])C([2H])([2H])c3ccc(OC)c(OCC)c3)C(=O)N2c2cccc(C(N)=O)c2)c([2H])c([2H])c1C#Cc1ccccc1. The molecular weight excluding hydrogens is 598 g/mol. The van der Waals surface area contributed by atoms with Crippen molar-refractivity contribution in [3.05, 3.63) is 125 Å². The number of thioether (sulfide) groups is 1. The molecule has 0 aliphatic carbocycles. The van der Waals surface area contributed by atoms with Gasteiger partial charge in [-0.05, 0) is 79.0 Å². The first kappa shape index (κ1) is 23.2. The van der Waals surface area contributed by atoms with Crippen LogP contribution in [0.25, 0.3) is 0 Å². The Kier molecular flexibility index (Phi) is 7.66. The van der Waals surface area contributed by atoms with Crippen molar-refractivity contribution in [3.63, 3.8) is 0 Å². The van der Waals surface area contributed by atoms with Crippen LogP contribution < -0.4 is 25.4 Å². The second kappa shape index (κ2) is 15.2. The average molecular weight is 642 g/mol. The molecule has 1 fully saturated rings. The van der Waals surface area contributed by atoms with Gasteiger partial charge >= 0.3 is 0 Å². The van der Waals surface area contributed by atoms with Crippen LogP contribution in [-0.4, -0.2) is 43.2 Å². The maximum Gasteiger partial charge on any atom is 0.248 e. The van der Waals surface area contributed by atoms with E-state index in [4.69, 9.17) is 26.2 Å². The van der Waals surface area contributed by atoms with Gasteiger partial charge in [0.2, 0.25) is 17.7 Å². The number of carbonyl (C=O) groups excluding carboxylic acids is 3. The number of anilines is 1. The van der Waals surface area contributed by atoms with Gasteiger partial charge in [-0.1, -0.05) is 54.3 Å². The minimum Gasteiger partial charge on any atom is -0.493 e. The molecule has 0 radical (unpaired) electrons. The molecule has 4 aromatic rings. The second-order valence-corrected chi connectivity index (χ2v) is 11.1. The monoisotopic (exact) mass is 641 g/mol. The maximum atomic E-state index is 14.1. The molecule has 2 atom stereocenters. The van der Waals surface area contributed by atoms with Gasteiger partial charge in [-0.25, -0.2) is 0 Å². The largest absolute Gasteiger partial charge is 0.493 e. The fraction of sp³-hybridized carbons (Fsp3) is 0.216. The predicted octanol–water partition coefficient (Wildman–Crippen LogP) is 5.49. The Balaban J connectivity index is 1.49. The highest BCUT2D eigenvalue weighted by Crippen LogP contribution is 2.46. The Morgan fingerprint density at radius 2 is 1.76 bits per heavy atom. The van der Waals surface area contributed by atoms with Crippen molar-refractivity contribution in [2.24, 2.45) is 5.73 Å². The van der Waals surface area contributed by atoms with Gasteiger partial charge in [0.05, 0.1) is 24.4 Å². The van der Waals surface area contributed by atoms with Crippen molar-refractivity contribution >= 4 is 35.2 Å². The number of nitrogens with one attached hydrogen (secondary N) is 1. The summed E-state index contributed by atoms with van der Waals surface area (Å²) in [7, 11) is 1.40. The number of amides is 3. The third-order valence-corrected chi connectivity index (χ3v) is 8.09. The summed E-state index contributed by atoms with van der Waals surface area (Å²) in [6.07, 6.45) is -3.45. The summed E-state index contributed by atoms with van der Waals surface area (Å²) in [6.45, 7) is -1.05. The van der Waals surface area contributed by atoms with Gasteiger partial charge in [-0.2, -0.15) is 0 Å². The summed E-state index contributed by atoms with van der Waals surface area (Å²) in [5.41, 5.74) is 5.76. The summed E-state index contributed by atoms with van der Waals surface area (Å²) in [5, 5.41) is -0.428. The number of carbonyl (C=O) groups is 3. The first-order valence-electron chi connectivity index (χ1n) is 18.2. The minimum absolute atomic E-state index is 0.0396. The summed E-state index contributed by atoms with van der Waals surface area (Å²) >= 11 is 0.831. The van der Waals surface area contributed by atoms with Gasteiger partial charge in [0.25, 0.3) is 0 Å². The topological polar surface area (TPSA) is 111 Å². The van der Waals surface area contributed by atoms with E-state index in [0.29, 0.717) is 11.3 Å². The number of benzene rings is 4. The lowest BCUT2D eigenvalue weighted by atomic mass is 10.1. The number of hydrogen-bond acceptors (Lipinski definition) is 6. The van der Waals surface area contributed by atoms with Gasteiger partial charge in [-0.15, -0.1) is 11.8 Å². The molecule has 0 unspecified atom stereocenters. The summed E-state index contributed by atoms with van der Waals surface area (Å²) in [5.74, 6) is 3.51. The number of aryl methyl sites for hydroxylation is 1.